The van der Waals surface area contributed by atoms with Crippen LogP contribution >= 0.6 is 11.6 Å². The Morgan fingerprint density at radius 1 is 1.37 bits per heavy atom. The molecule has 0 bridgehead atoms. The molecule has 1 aromatic heterocycles. The first kappa shape index (κ1) is 13.2. The summed E-state index contributed by atoms with van der Waals surface area (Å²) in [6, 6.07) is 6.24. The lowest BCUT2D eigenvalue weighted by molar-refractivity contribution is 0.627. The van der Waals surface area contributed by atoms with Crippen LogP contribution in [-0.2, 0) is 0 Å². The van der Waals surface area contributed by atoms with E-state index < -0.39 is 5.82 Å². The SMILES string of the molecule is CC(Nc1nccnc1C#N)c1ccc(F)c(Cl)c1. The molecule has 1 aromatic carbocycles. The van der Waals surface area contributed by atoms with Gasteiger partial charge in [-0.2, -0.15) is 5.26 Å². The molecular weight excluding hydrogens is 267 g/mol. The number of halogens is 2. The zero-order valence-electron chi connectivity index (χ0n) is 10.1. The van der Waals surface area contributed by atoms with Crippen molar-refractivity contribution in [1.29, 1.82) is 5.26 Å². The molecule has 2 rings (SSSR count). The molecule has 1 unspecified atom stereocenters. The minimum absolute atomic E-state index is 0.0609. The van der Waals surface area contributed by atoms with E-state index in [9.17, 15) is 4.39 Å². The van der Waals surface area contributed by atoms with Crippen LogP contribution in [0.4, 0.5) is 10.2 Å². The summed E-state index contributed by atoms with van der Waals surface area (Å²) in [5, 5.41) is 12.0. The molecule has 2 aromatic rings. The minimum atomic E-state index is -0.463. The van der Waals surface area contributed by atoms with Gasteiger partial charge in [0.15, 0.2) is 11.5 Å². The van der Waals surface area contributed by atoms with E-state index in [1.54, 1.807) is 6.07 Å². The van der Waals surface area contributed by atoms with Crippen LogP contribution in [0.5, 0.6) is 0 Å². The summed E-state index contributed by atoms with van der Waals surface area (Å²) in [5.74, 6) is -0.0761. The van der Waals surface area contributed by atoms with Crippen molar-refractivity contribution < 1.29 is 4.39 Å². The van der Waals surface area contributed by atoms with E-state index in [-0.39, 0.29) is 16.8 Å². The Hall–Kier alpha value is -2.19. The lowest BCUT2D eigenvalue weighted by Crippen LogP contribution is -2.10. The predicted octanol–water partition coefficient (Wildman–Crippen LogP) is 3.31. The molecule has 0 saturated carbocycles. The van der Waals surface area contributed by atoms with Crippen LogP contribution < -0.4 is 5.32 Å². The standard InChI is InChI=1S/C13H10ClFN4/c1-8(9-2-3-11(15)10(14)6-9)19-13-12(7-16)17-4-5-18-13/h2-6,8H,1H3,(H,18,19). The van der Waals surface area contributed by atoms with E-state index in [2.05, 4.69) is 15.3 Å². The van der Waals surface area contributed by atoms with Gasteiger partial charge in [-0.25, -0.2) is 14.4 Å². The number of nitrogens with one attached hydrogen (secondary N) is 1. The van der Waals surface area contributed by atoms with Gasteiger partial charge in [0.05, 0.1) is 11.1 Å². The molecule has 0 radical (unpaired) electrons. The molecule has 0 spiro atoms. The van der Waals surface area contributed by atoms with Crippen molar-refractivity contribution in [2.24, 2.45) is 0 Å². The largest absolute Gasteiger partial charge is 0.361 e. The fourth-order valence-corrected chi connectivity index (χ4v) is 1.78. The molecule has 0 aliphatic carbocycles. The van der Waals surface area contributed by atoms with Crippen molar-refractivity contribution in [3.8, 4) is 6.07 Å². The third-order valence-corrected chi connectivity index (χ3v) is 2.89. The molecular formula is C13H10ClFN4. The van der Waals surface area contributed by atoms with Crippen molar-refractivity contribution in [2.45, 2.75) is 13.0 Å². The number of benzene rings is 1. The lowest BCUT2D eigenvalue weighted by atomic mass is 10.1. The quantitative estimate of drug-likeness (QED) is 0.934. The highest BCUT2D eigenvalue weighted by Crippen LogP contribution is 2.23. The van der Waals surface area contributed by atoms with Crippen LogP contribution in [0.15, 0.2) is 30.6 Å². The number of rotatable bonds is 3. The smallest absolute Gasteiger partial charge is 0.182 e. The number of hydrogen-bond donors (Lipinski definition) is 1. The number of nitrogens with zero attached hydrogens (tertiary/aromatic N) is 3. The Bertz CT molecular complexity index is 639. The van der Waals surface area contributed by atoms with Gasteiger partial charge in [0.25, 0.3) is 0 Å². The summed E-state index contributed by atoms with van der Waals surface area (Å²) >= 11 is 5.74. The molecule has 0 aliphatic heterocycles. The molecule has 0 amide bonds. The predicted molar refractivity (Wildman–Crippen MR) is 70.2 cm³/mol. The summed E-state index contributed by atoms with van der Waals surface area (Å²) in [6.45, 7) is 1.86. The topological polar surface area (TPSA) is 61.6 Å². The Labute approximate surface area is 114 Å². The van der Waals surface area contributed by atoms with Crippen molar-refractivity contribution in [3.63, 3.8) is 0 Å². The third-order valence-electron chi connectivity index (χ3n) is 2.60. The van der Waals surface area contributed by atoms with Gasteiger partial charge in [-0.1, -0.05) is 17.7 Å². The van der Waals surface area contributed by atoms with Gasteiger partial charge in [0.1, 0.15) is 11.9 Å². The number of nitriles is 1. The van der Waals surface area contributed by atoms with E-state index in [1.165, 1.54) is 24.5 Å². The summed E-state index contributed by atoms with van der Waals surface area (Å²) in [7, 11) is 0. The van der Waals surface area contributed by atoms with Gasteiger partial charge in [-0.15, -0.1) is 0 Å². The molecule has 4 nitrogen and oxygen atoms in total. The molecule has 1 N–H and O–H groups in total. The summed E-state index contributed by atoms with van der Waals surface area (Å²) in [4.78, 5) is 7.96. The summed E-state index contributed by atoms with van der Waals surface area (Å²) in [5.41, 5.74) is 1.00. The van der Waals surface area contributed by atoms with Gasteiger partial charge in [0, 0.05) is 12.4 Å². The fraction of sp³-hybridized carbons (Fsp3) is 0.154. The van der Waals surface area contributed by atoms with Crippen LogP contribution in [0.25, 0.3) is 0 Å². The highest BCUT2D eigenvalue weighted by atomic mass is 35.5. The fourth-order valence-electron chi connectivity index (χ4n) is 1.60. The Morgan fingerprint density at radius 2 is 2.11 bits per heavy atom. The van der Waals surface area contributed by atoms with Gasteiger partial charge < -0.3 is 5.32 Å². The van der Waals surface area contributed by atoms with Gasteiger partial charge >= 0.3 is 0 Å². The second-order valence-electron chi connectivity index (χ2n) is 3.90. The average molecular weight is 277 g/mol. The third kappa shape index (κ3) is 2.98. The van der Waals surface area contributed by atoms with Crippen LogP contribution in [0.1, 0.15) is 24.2 Å². The second kappa shape index (κ2) is 5.63. The van der Waals surface area contributed by atoms with E-state index in [0.29, 0.717) is 5.82 Å². The van der Waals surface area contributed by atoms with E-state index in [0.717, 1.165) is 5.56 Å². The summed E-state index contributed by atoms with van der Waals surface area (Å²) < 4.78 is 13.1. The molecule has 1 heterocycles. The van der Waals surface area contributed by atoms with Crippen molar-refractivity contribution >= 4 is 17.4 Å². The van der Waals surface area contributed by atoms with E-state index in [1.807, 2.05) is 13.0 Å². The molecule has 96 valence electrons. The van der Waals surface area contributed by atoms with Crippen LogP contribution in [0, 0.1) is 17.1 Å². The van der Waals surface area contributed by atoms with Crippen molar-refractivity contribution in [2.75, 3.05) is 5.32 Å². The molecule has 0 saturated heterocycles. The first-order chi connectivity index (χ1) is 9.11. The van der Waals surface area contributed by atoms with Crippen molar-refractivity contribution in [3.05, 3.63) is 52.7 Å². The lowest BCUT2D eigenvalue weighted by Gasteiger charge is -2.15. The van der Waals surface area contributed by atoms with E-state index in [4.69, 9.17) is 16.9 Å². The minimum Gasteiger partial charge on any atom is -0.361 e. The molecule has 6 heteroatoms. The van der Waals surface area contributed by atoms with Crippen LogP contribution in [0.3, 0.4) is 0 Å². The zero-order chi connectivity index (χ0) is 13.8. The maximum atomic E-state index is 13.1. The second-order valence-corrected chi connectivity index (χ2v) is 4.31. The maximum absolute atomic E-state index is 13.1. The molecule has 1 atom stereocenters. The monoisotopic (exact) mass is 276 g/mol. The number of hydrogen-bond acceptors (Lipinski definition) is 4. The summed E-state index contributed by atoms with van der Waals surface area (Å²) in [6.07, 6.45) is 2.94. The maximum Gasteiger partial charge on any atom is 0.182 e. The van der Waals surface area contributed by atoms with Gasteiger partial charge in [0.2, 0.25) is 0 Å². The Morgan fingerprint density at radius 3 is 2.79 bits per heavy atom. The Balaban J connectivity index is 2.23. The molecule has 19 heavy (non-hydrogen) atoms. The first-order valence-electron chi connectivity index (χ1n) is 5.54. The first-order valence-corrected chi connectivity index (χ1v) is 5.92. The van der Waals surface area contributed by atoms with Crippen LogP contribution in [-0.4, -0.2) is 9.97 Å². The molecule has 0 aliphatic rings. The van der Waals surface area contributed by atoms with Crippen LogP contribution in [0.2, 0.25) is 5.02 Å². The van der Waals surface area contributed by atoms with E-state index >= 15 is 0 Å². The number of aromatic nitrogens is 2. The zero-order valence-corrected chi connectivity index (χ0v) is 10.8. The average Bonchev–Trinajstić information content (AvgIpc) is 2.42. The molecule has 0 fully saturated rings. The highest BCUT2D eigenvalue weighted by molar-refractivity contribution is 6.30. The normalized spacial score (nSPS) is 11.7. The number of anilines is 1. The van der Waals surface area contributed by atoms with Crippen molar-refractivity contribution in [1.82, 2.24) is 9.97 Å². The van der Waals surface area contributed by atoms with Gasteiger partial charge in [-0.3, -0.25) is 0 Å². The Kier molecular flexibility index (Phi) is 3.93. The van der Waals surface area contributed by atoms with Gasteiger partial charge in [-0.05, 0) is 24.6 Å². The highest BCUT2D eigenvalue weighted by Gasteiger charge is 2.11.